The highest BCUT2D eigenvalue weighted by molar-refractivity contribution is 7.80. The summed E-state index contributed by atoms with van der Waals surface area (Å²) in [4.78, 5) is 2.84. The van der Waals surface area contributed by atoms with Gasteiger partial charge in [-0.15, -0.1) is 0 Å². The molecular weight excluding hydrogens is 271 g/mol. The fourth-order valence-corrected chi connectivity index (χ4v) is 2.17. The maximum Gasteiger partial charge on any atom is 0.142 e. The summed E-state index contributed by atoms with van der Waals surface area (Å²) in [7, 11) is 0. The van der Waals surface area contributed by atoms with Gasteiger partial charge in [0.05, 0.1) is 10.0 Å². The molecule has 1 saturated carbocycles. The van der Waals surface area contributed by atoms with Crippen LogP contribution in [0, 0.1) is 5.82 Å². The van der Waals surface area contributed by atoms with Gasteiger partial charge in [0, 0.05) is 25.6 Å². The molecule has 98 valence electrons. The number of hydrogen-bond donors (Lipinski definition) is 1. The van der Waals surface area contributed by atoms with E-state index < -0.39 is 0 Å². The van der Waals surface area contributed by atoms with Crippen molar-refractivity contribution in [1.82, 2.24) is 4.90 Å². The second kappa shape index (κ2) is 5.95. The SMILES string of the molecule is NC(=S)CCN(Cc1ccc(Cl)c(F)c1)C1CC1. The van der Waals surface area contributed by atoms with Crippen LogP contribution in [0.1, 0.15) is 24.8 Å². The lowest BCUT2D eigenvalue weighted by molar-refractivity contribution is 0.262. The van der Waals surface area contributed by atoms with Crippen LogP contribution in [0.3, 0.4) is 0 Å². The van der Waals surface area contributed by atoms with Crippen molar-refractivity contribution in [2.45, 2.75) is 31.8 Å². The number of hydrogen-bond acceptors (Lipinski definition) is 2. The lowest BCUT2D eigenvalue weighted by atomic mass is 10.2. The highest BCUT2D eigenvalue weighted by atomic mass is 35.5. The van der Waals surface area contributed by atoms with Crippen molar-refractivity contribution < 1.29 is 4.39 Å². The summed E-state index contributed by atoms with van der Waals surface area (Å²) in [5, 5.41) is 0.167. The molecule has 0 unspecified atom stereocenters. The largest absolute Gasteiger partial charge is 0.393 e. The Labute approximate surface area is 117 Å². The summed E-state index contributed by atoms with van der Waals surface area (Å²) < 4.78 is 13.4. The third-order valence-corrected chi connectivity index (χ3v) is 3.59. The molecule has 0 bridgehead atoms. The van der Waals surface area contributed by atoms with E-state index >= 15 is 0 Å². The Morgan fingerprint density at radius 2 is 2.22 bits per heavy atom. The maximum atomic E-state index is 13.4. The van der Waals surface area contributed by atoms with Crippen molar-refractivity contribution in [2.75, 3.05) is 6.54 Å². The van der Waals surface area contributed by atoms with Gasteiger partial charge in [0.2, 0.25) is 0 Å². The fraction of sp³-hybridized carbons (Fsp3) is 0.462. The fourth-order valence-electron chi connectivity index (χ4n) is 1.96. The van der Waals surface area contributed by atoms with Crippen LogP contribution < -0.4 is 5.73 Å². The molecule has 0 spiro atoms. The molecule has 1 aromatic carbocycles. The molecule has 1 aliphatic carbocycles. The van der Waals surface area contributed by atoms with Crippen molar-refractivity contribution in [3.05, 3.63) is 34.6 Å². The number of benzene rings is 1. The van der Waals surface area contributed by atoms with Gasteiger partial charge in [0.25, 0.3) is 0 Å². The molecule has 1 aromatic rings. The Bertz CT molecular complexity index is 449. The topological polar surface area (TPSA) is 29.3 Å². The van der Waals surface area contributed by atoms with Gasteiger partial charge in [0.15, 0.2) is 0 Å². The highest BCUT2D eigenvalue weighted by Crippen LogP contribution is 2.29. The van der Waals surface area contributed by atoms with Crippen molar-refractivity contribution in [2.24, 2.45) is 5.73 Å². The van der Waals surface area contributed by atoms with E-state index in [-0.39, 0.29) is 10.8 Å². The van der Waals surface area contributed by atoms with Gasteiger partial charge < -0.3 is 5.73 Å². The molecule has 0 amide bonds. The molecule has 0 atom stereocenters. The molecule has 0 heterocycles. The van der Waals surface area contributed by atoms with E-state index in [1.54, 1.807) is 6.07 Å². The smallest absolute Gasteiger partial charge is 0.142 e. The first-order valence-corrected chi connectivity index (χ1v) is 6.81. The summed E-state index contributed by atoms with van der Waals surface area (Å²) in [6.07, 6.45) is 3.11. The van der Waals surface area contributed by atoms with Crippen LogP contribution in [0.15, 0.2) is 18.2 Å². The first-order valence-electron chi connectivity index (χ1n) is 6.02. The van der Waals surface area contributed by atoms with Gasteiger partial charge in [-0.25, -0.2) is 4.39 Å². The Morgan fingerprint density at radius 1 is 1.50 bits per heavy atom. The summed E-state index contributed by atoms with van der Waals surface area (Å²) >= 11 is 10.6. The number of nitrogens with zero attached hydrogens (tertiary/aromatic N) is 1. The van der Waals surface area contributed by atoms with Crippen molar-refractivity contribution >= 4 is 28.8 Å². The average molecular weight is 287 g/mol. The first-order chi connectivity index (χ1) is 8.56. The molecule has 5 heteroatoms. The third kappa shape index (κ3) is 3.90. The van der Waals surface area contributed by atoms with Crippen LogP contribution >= 0.6 is 23.8 Å². The zero-order chi connectivity index (χ0) is 13.1. The molecule has 2 rings (SSSR count). The molecule has 1 fully saturated rings. The monoisotopic (exact) mass is 286 g/mol. The van der Waals surface area contributed by atoms with Crippen LogP contribution in [0.2, 0.25) is 5.02 Å². The molecule has 0 aromatic heterocycles. The Hall–Kier alpha value is -0.710. The van der Waals surface area contributed by atoms with Gasteiger partial charge in [-0.05, 0) is 30.5 Å². The Balaban J connectivity index is 1.99. The maximum absolute atomic E-state index is 13.4. The Morgan fingerprint density at radius 3 is 2.78 bits per heavy atom. The standard InChI is InChI=1S/C13H16ClFN2S/c14-11-4-1-9(7-12(11)15)8-17(10-2-3-10)6-5-13(16)18/h1,4,7,10H,2-3,5-6,8H2,(H2,16,18). The van der Waals surface area contributed by atoms with Gasteiger partial charge in [-0.1, -0.05) is 29.9 Å². The lowest BCUT2D eigenvalue weighted by Gasteiger charge is -2.21. The average Bonchev–Trinajstić information content (AvgIpc) is 3.13. The zero-order valence-electron chi connectivity index (χ0n) is 10.0. The normalized spacial score (nSPS) is 15.1. The zero-order valence-corrected chi connectivity index (χ0v) is 11.6. The molecule has 1 aliphatic rings. The molecular formula is C13H16ClFN2S. The van der Waals surface area contributed by atoms with E-state index in [0.717, 1.165) is 18.7 Å². The molecule has 0 saturated heterocycles. The van der Waals surface area contributed by atoms with E-state index in [9.17, 15) is 4.39 Å². The minimum Gasteiger partial charge on any atom is -0.393 e. The minimum absolute atomic E-state index is 0.167. The highest BCUT2D eigenvalue weighted by Gasteiger charge is 2.28. The second-order valence-electron chi connectivity index (χ2n) is 4.67. The quantitative estimate of drug-likeness (QED) is 0.815. The first kappa shape index (κ1) is 13.7. The summed E-state index contributed by atoms with van der Waals surface area (Å²) in [5.41, 5.74) is 6.46. The lowest BCUT2D eigenvalue weighted by Crippen LogP contribution is -2.29. The van der Waals surface area contributed by atoms with Crippen molar-refractivity contribution in [1.29, 1.82) is 0 Å². The van der Waals surface area contributed by atoms with Gasteiger partial charge >= 0.3 is 0 Å². The van der Waals surface area contributed by atoms with Gasteiger partial charge in [-0.2, -0.15) is 0 Å². The molecule has 2 N–H and O–H groups in total. The molecule has 0 radical (unpaired) electrons. The molecule has 18 heavy (non-hydrogen) atoms. The van der Waals surface area contributed by atoms with E-state index in [0.29, 0.717) is 17.5 Å². The summed E-state index contributed by atoms with van der Waals surface area (Å²) in [6, 6.07) is 5.56. The predicted molar refractivity (Wildman–Crippen MR) is 76.2 cm³/mol. The van der Waals surface area contributed by atoms with Crippen molar-refractivity contribution in [3.63, 3.8) is 0 Å². The molecule has 0 aliphatic heterocycles. The van der Waals surface area contributed by atoms with E-state index in [2.05, 4.69) is 4.90 Å². The van der Waals surface area contributed by atoms with E-state index in [4.69, 9.17) is 29.6 Å². The summed E-state index contributed by atoms with van der Waals surface area (Å²) in [5.74, 6) is -0.362. The number of nitrogens with two attached hydrogens (primary N) is 1. The number of halogens is 2. The number of thiocarbonyl (C=S) groups is 1. The van der Waals surface area contributed by atoms with Crippen LogP contribution in [0.4, 0.5) is 4.39 Å². The van der Waals surface area contributed by atoms with Crippen LogP contribution in [0.25, 0.3) is 0 Å². The van der Waals surface area contributed by atoms with Crippen LogP contribution in [0.5, 0.6) is 0 Å². The molecule has 2 nitrogen and oxygen atoms in total. The van der Waals surface area contributed by atoms with Gasteiger partial charge in [0.1, 0.15) is 5.82 Å². The van der Waals surface area contributed by atoms with Crippen LogP contribution in [-0.2, 0) is 6.54 Å². The van der Waals surface area contributed by atoms with Crippen LogP contribution in [-0.4, -0.2) is 22.5 Å². The minimum atomic E-state index is -0.362. The van der Waals surface area contributed by atoms with E-state index in [1.807, 2.05) is 6.07 Å². The van der Waals surface area contributed by atoms with Gasteiger partial charge in [-0.3, -0.25) is 4.90 Å². The van der Waals surface area contributed by atoms with Crippen molar-refractivity contribution in [3.8, 4) is 0 Å². The number of rotatable bonds is 6. The second-order valence-corrected chi connectivity index (χ2v) is 5.60. The Kier molecular flexibility index (Phi) is 4.54. The van der Waals surface area contributed by atoms with E-state index in [1.165, 1.54) is 18.9 Å². The predicted octanol–water partition coefficient (Wildman–Crippen LogP) is 3.12. The third-order valence-electron chi connectivity index (χ3n) is 3.08. The summed E-state index contributed by atoms with van der Waals surface area (Å²) in [6.45, 7) is 1.56.